The molecular formula is C27H30N6O6S. The summed E-state index contributed by atoms with van der Waals surface area (Å²) in [5.41, 5.74) is 13.0. The SMILES string of the molecule is CN(C)c1ccc([C@H](C(=O)NC[C@H]2CCCO2)N(C(=O)c2snc(C(N)=O)c2N)c2ccc3c(c2)OCO3)cc1. The van der Waals surface area contributed by atoms with E-state index in [0.29, 0.717) is 35.9 Å². The van der Waals surface area contributed by atoms with Crippen LogP contribution in [-0.4, -0.2) is 62.2 Å². The van der Waals surface area contributed by atoms with E-state index in [1.165, 1.54) is 4.90 Å². The molecule has 2 aromatic carbocycles. The summed E-state index contributed by atoms with van der Waals surface area (Å²) in [6, 6.07) is 11.2. The molecule has 3 heterocycles. The van der Waals surface area contributed by atoms with Gasteiger partial charge >= 0.3 is 0 Å². The fraction of sp³-hybridized carbons (Fsp3) is 0.333. The number of benzene rings is 2. The topological polar surface area (TPSA) is 162 Å². The van der Waals surface area contributed by atoms with Crippen molar-refractivity contribution in [3.8, 4) is 11.5 Å². The predicted molar refractivity (Wildman–Crippen MR) is 150 cm³/mol. The maximum atomic E-state index is 14.2. The molecule has 0 spiro atoms. The monoisotopic (exact) mass is 566 g/mol. The van der Waals surface area contributed by atoms with E-state index < -0.39 is 23.8 Å². The Morgan fingerprint density at radius 1 is 1.10 bits per heavy atom. The molecule has 0 saturated carbocycles. The molecule has 1 fully saturated rings. The molecule has 2 atom stereocenters. The normalized spacial score (nSPS) is 16.4. The number of carbonyl (C=O) groups is 3. The van der Waals surface area contributed by atoms with Gasteiger partial charge in [0, 0.05) is 44.7 Å². The second-order valence-corrected chi connectivity index (χ2v) is 10.4. The van der Waals surface area contributed by atoms with Crippen molar-refractivity contribution in [2.45, 2.75) is 25.0 Å². The quantitative estimate of drug-likeness (QED) is 0.353. The number of ether oxygens (including phenoxy) is 3. The highest BCUT2D eigenvalue weighted by atomic mass is 32.1. The minimum Gasteiger partial charge on any atom is -0.454 e. The highest BCUT2D eigenvalue weighted by Crippen LogP contribution is 2.40. The molecule has 1 aromatic heterocycles. The van der Waals surface area contributed by atoms with Crippen molar-refractivity contribution in [3.63, 3.8) is 0 Å². The standard InChI is InChI=1S/C27H30N6O6S/c1-32(2)16-7-5-15(6-8-16)23(26(35)30-13-18-4-3-11-37-18)33(17-9-10-19-20(12-17)39-14-38-19)27(36)24-21(28)22(25(29)34)31-40-24/h5-10,12,18,23H,3-4,11,13-14,28H2,1-2H3,(H2,29,34)(H,30,35)/t18-,23-/m1/s1. The number of hydrogen-bond donors (Lipinski definition) is 3. The Kier molecular flexibility index (Phi) is 7.76. The Balaban J connectivity index is 1.61. The molecular weight excluding hydrogens is 536 g/mol. The van der Waals surface area contributed by atoms with Crippen molar-refractivity contribution in [2.24, 2.45) is 5.73 Å². The first-order valence-corrected chi connectivity index (χ1v) is 13.5. The lowest BCUT2D eigenvalue weighted by molar-refractivity contribution is -0.123. The second-order valence-electron chi connectivity index (χ2n) is 9.62. The summed E-state index contributed by atoms with van der Waals surface area (Å²) in [6.07, 6.45) is 1.65. The summed E-state index contributed by atoms with van der Waals surface area (Å²) in [6.45, 7) is 0.973. The number of nitrogens with zero attached hydrogens (tertiary/aromatic N) is 3. The molecule has 12 nitrogen and oxygen atoms in total. The highest BCUT2D eigenvalue weighted by molar-refractivity contribution is 7.09. The van der Waals surface area contributed by atoms with Gasteiger partial charge < -0.3 is 35.9 Å². The Morgan fingerprint density at radius 3 is 2.48 bits per heavy atom. The molecule has 1 saturated heterocycles. The number of hydrogen-bond acceptors (Lipinski definition) is 10. The van der Waals surface area contributed by atoms with Crippen LogP contribution in [0.15, 0.2) is 42.5 Å². The largest absolute Gasteiger partial charge is 0.454 e. The highest BCUT2D eigenvalue weighted by Gasteiger charge is 2.37. The molecule has 0 aliphatic carbocycles. The van der Waals surface area contributed by atoms with Gasteiger partial charge in [0.2, 0.25) is 12.7 Å². The molecule has 13 heteroatoms. The molecule has 0 unspecified atom stereocenters. The molecule has 3 aromatic rings. The van der Waals surface area contributed by atoms with Gasteiger partial charge in [-0.3, -0.25) is 19.3 Å². The van der Waals surface area contributed by atoms with Gasteiger partial charge in [-0.1, -0.05) is 12.1 Å². The molecule has 2 aliphatic rings. The number of anilines is 3. The number of rotatable bonds is 9. The van der Waals surface area contributed by atoms with Crippen LogP contribution in [0, 0.1) is 0 Å². The van der Waals surface area contributed by atoms with E-state index in [4.69, 9.17) is 25.7 Å². The number of aromatic nitrogens is 1. The van der Waals surface area contributed by atoms with Gasteiger partial charge in [-0.15, -0.1) is 0 Å². The van der Waals surface area contributed by atoms with E-state index in [-0.39, 0.29) is 29.2 Å². The second kappa shape index (κ2) is 11.4. The molecule has 5 rings (SSSR count). The van der Waals surface area contributed by atoms with Crippen LogP contribution in [-0.2, 0) is 9.53 Å². The molecule has 0 radical (unpaired) electrons. The van der Waals surface area contributed by atoms with Gasteiger partial charge in [0.05, 0.1) is 11.8 Å². The first-order valence-electron chi connectivity index (χ1n) is 12.7. The molecule has 0 bridgehead atoms. The molecule has 3 amide bonds. The van der Waals surface area contributed by atoms with Crippen LogP contribution < -0.4 is 36.1 Å². The van der Waals surface area contributed by atoms with Crippen molar-refractivity contribution >= 4 is 46.3 Å². The number of carbonyl (C=O) groups excluding carboxylic acids is 3. The van der Waals surface area contributed by atoms with Gasteiger partial charge in [0.1, 0.15) is 10.9 Å². The fourth-order valence-corrected chi connectivity index (χ4v) is 5.39. The Bertz CT molecular complexity index is 1420. The third-order valence-corrected chi connectivity index (χ3v) is 7.62. The zero-order valence-electron chi connectivity index (χ0n) is 22.1. The number of fused-ring (bicyclic) bond motifs is 1. The lowest BCUT2D eigenvalue weighted by Crippen LogP contribution is -2.45. The van der Waals surface area contributed by atoms with Gasteiger partial charge in [-0.25, -0.2) is 0 Å². The van der Waals surface area contributed by atoms with Crippen LogP contribution in [0.5, 0.6) is 11.5 Å². The van der Waals surface area contributed by atoms with Crippen molar-refractivity contribution in [1.29, 1.82) is 0 Å². The fourth-order valence-electron chi connectivity index (χ4n) is 4.65. The van der Waals surface area contributed by atoms with E-state index in [9.17, 15) is 14.4 Å². The van der Waals surface area contributed by atoms with E-state index in [0.717, 1.165) is 30.1 Å². The van der Waals surface area contributed by atoms with Crippen LogP contribution >= 0.6 is 11.5 Å². The van der Waals surface area contributed by atoms with Gasteiger partial charge in [-0.05, 0) is 54.2 Å². The zero-order chi connectivity index (χ0) is 28.4. The van der Waals surface area contributed by atoms with E-state index in [2.05, 4.69) is 9.69 Å². The maximum absolute atomic E-state index is 14.2. The minimum absolute atomic E-state index is 0.0201. The van der Waals surface area contributed by atoms with E-state index in [1.54, 1.807) is 30.3 Å². The summed E-state index contributed by atoms with van der Waals surface area (Å²) >= 11 is 0.744. The molecule has 2 aliphatic heterocycles. The van der Waals surface area contributed by atoms with E-state index >= 15 is 0 Å². The number of nitrogens with two attached hydrogens (primary N) is 2. The number of nitrogen functional groups attached to an aromatic ring is 1. The van der Waals surface area contributed by atoms with Gasteiger partial charge in [0.25, 0.3) is 11.8 Å². The molecule has 210 valence electrons. The maximum Gasteiger partial charge on any atom is 0.273 e. The average Bonchev–Trinajstić information content (AvgIpc) is 3.71. The zero-order valence-corrected chi connectivity index (χ0v) is 22.9. The minimum atomic E-state index is -1.12. The molecule has 40 heavy (non-hydrogen) atoms. The van der Waals surface area contributed by atoms with Crippen LogP contribution in [0.2, 0.25) is 0 Å². The lowest BCUT2D eigenvalue weighted by atomic mass is 10.0. The molecule has 5 N–H and O–H groups in total. The van der Waals surface area contributed by atoms with Crippen LogP contribution in [0.1, 0.15) is 44.6 Å². The Labute approximate surface area is 234 Å². The Morgan fingerprint density at radius 2 is 1.82 bits per heavy atom. The number of nitrogens with one attached hydrogen (secondary N) is 1. The average molecular weight is 567 g/mol. The smallest absolute Gasteiger partial charge is 0.273 e. The van der Waals surface area contributed by atoms with E-state index in [1.807, 2.05) is 31.1 Å². The third-order valence-electron chi connectivity index (χ3n) is 6.77. The van der Waals surface area contributed by atoms with Crippen molar-refractivity contribution < 1.29 is 28.6 Å². The summed E-state index contributed by atoms with van der Waals surface area (Å²) in [5, 5.41) is 2.97. The van der Waals surface area contributed by atoms with Crippen molar-refractivity contribution in [3.05, 3.63) is 58.6 Å². The van der Waals surface area contributed by atoms with Crippen molar-refractivity contribution in [2.75, 3.05) is 49.6 Å². The van der Waals surface area contributed by atoms with Gasteiger partial charge in [-0.2, -0.15) is 4.37 Å². The van der Waals surface area contributed by atoms with Crippen molar-refractivity contribution in [1.82, 2.24) is 9.69 Å². The number of amides is 3. The first-order chi connectivity index (χ1) is 19.2. The van der Waals surface area contributed by atoms with Crippen LogP contribution in [0.3, 0.4) is 0 Å². The summed E-state index contributed by atoms with van der Waals surface area (Å²) in [7, 11) is 3.82. The predicted octanol–water partition coefficient (Wildman–Crippen LogP) is 2.30. The summed E-state index contributed by atoms with van der Waals surface area (Å²) in [4.78, 5) is 43.3. The summed E-state index contributed by atoms with van der Waals surface area (Å²) in [5.74, 6) is -0.966. The van der Waals surface area contributed by atoms with Gasteiger partial charge in [0.15, 0.2) is 17.2 Å². The van der Waals surface area contributed by atoms with Crippen LogP contribution in [0.25, 0.3) is 0 Å². The summed E-state index contributed by atoms with van der Waals surface area (Å²) < 4.78 is 20.7. The first kappa shape index (κ1) is 27.2. The lowest BCUT2D eigenvalue weighted by Gasteiger charge is -2.32. The third kappa shape index (κ3) is 5.38. The Hall–Kier alpha value is -4.36. The number of primary amides is 1. The van der Waals surface area contributed by atoms with Crippen LogP contribution in [0.4, 0.5) is 17.1 Å².